The average Bonchev–Trinajstić information content (AvgIpc) is 3.15. The zero-order valence-corrected chi connectivity index (χ0v) is 14.3. The molecule has 0 aliphatic carbocycles. The van der Waals surface area contributed by atoms with E-state index >= 15 is 0 Å². The molecule has 3 aromatic rings. The molecule has 2 nitrogen and oxygen atoms in total. The summed E-state index contributed by atoms with van der Waals surface area (Å²) in [5, 5.41) is 4.14. The molecular weight excluding hydrogens is 312 g/mol. The van der Waals surface area contributed by atoms with E-state index in [1.807, 2.05) is 49.5 Å². The Hall–Kier alpha value is -2.74. The third kappa shape index (κ3) is 4.39. The third-order valence-corrected chi connectivity index (χ3v) is 4.29. The minimum Gasteiger partial charge on any atom is -0.288 e. The van der Waals surface area contributed by atoms with Crippen molar-refractivity contribution in [2.45, 2.75) is 13.5 Å². The Kier molecular flexibility index (Phi) is 5.52. The molecule has 1 heterocycles. The highest BCUT2D eigenvalue weighted by Gasteiger charge is 1.99. The fourth-order valence-corrected chi connectivity index (χ4v) is 2.86. The van der Waals surface area contributed by atoms with Crippen LogP contribution in [0, 0.1) is 0 Å². The molecule has 0 aliphatic rings. The van der Waals surface area contributed by atoms with Gasteiger partial charge in [0.15, 0.2) is 0 Å². The zero-order valence-electron chi connectivity index (χ0n) is 13.5. The van der Waals surface area contributed by atoms with Gasteiger partial charge >= 0.3 is 0 Å². The second-order valence-electron chi connectivity index (χ2n) is 5.37. The highest BCUT2D eigenvalue weighted by molar-refractivity contribution is 7.08. The van der Waals surface area contributed by atoms with E-state index in [0.717, 1.165) is 28.0 Å². The Labute approximate surface area is 146 Å². The maximum Gasteiger partial charge on any atom is 0.0780 e. The molecule has 0 saturated heterocycles. The van der Waals surface area contributed by atoms with Crippen LogP contribution in [0.5, 0.6) is 0 Å². The van der Waals surface area contributed by atoms with Crippen molar-refractivity contribution in [3.05, 3.63) is 88.1 Å². The molecule has 1 aromatic heterocycles. The van der Waals surface area contributed by atoms with Gasteiger partial charge in [0.2, 0.25) is 0 Å². The van der Waals surface area contributed by atoms with Crippen LogP contribution in [0.25, 0.3) is 5.57 Å². The highest BCUT2D eigenvalue weighted by atomic mass is 32.1. The van der Waals surface area contributed by atoms with E-state index in [-0.39, 0.29) is 0 Å². The summed E-state index contributed by atoms with van der Waals surface area (Å²) >= 11 is 1.68. The highest BCUT2D eigenvalue weighted by Crippen LogP contribution is 2.19. The SMILES string of the molecule is CC(=C=Nc1ccccc1CN=Cc1ccsc1)c1ccccc1. The first-order valence-electron chi connectivity index (χ1n) is 7.78. The molecule has 0 N–H and O–H groups in total. The van der Waals surface area contributed by atoms with Crippen molar-refractivity contribution in [1.82, 2.24) is 0 Å². The van der Waals surface area contributed by atoms with E-state index in [1.54, 1.807) is 11.3 Å². The number of aliphatic imine (C=N–C) groups is 2. The van der Waals surface area contributed by atoms with Gasteiger partial charge in [-0.1, -0.05) is 48.5 Å². The molecular formula is C21H18N2S. The van der Waals surface area contributed by atoms with Gasteiger partial charge < -0.3 is 0 Å². The summed E-state index contributed by atoms with van der Waals surface area (Å²) in [5.74, 6) is 3.15. The monoisotopic (exact) mass is 330 g/mol. The predicted octanol–water partition coefficient (Wildman–Crippen LogP) is 5.77. The first kappa shape index (κ1) is 16.1. The van der Waals surface area contributed by atoms with Crippen molar-refractivity contribution in [2.24, 2.45) is 9.98 Å². The van der Waals surface area contributed by atoms with Crippen molar-refractivity contribution < 1.29 is 0 Å². The first-order valence-corrected chi connectivity index (χ1v) is 8.73. The zero-order chi connectivity index (χ0) is 16.6. The topological polar surface area (TPSA) is 24.7 Å². The fraction of sp³-hybridized carbons (Fsp3) is 0.0952. The Bertz CT molecular complexity index is 871. The summed E-state index contributed by atoms with van der Waals surface area (Å²) in [4.78, 5) is 9.06. The van der Waals surface area contributed by atoms with Crippen LogP contribution in [0.3, 0.4) is 0 Å². The Balaban J connectivity index is 1.80. The average molecular weight is 330 g/mol. The van der Waals surface area contributed by atoms with E-state index in [1.165, 1.54) is 0 Å². The van der Waals surface area contributed by atoms with E-state index < -0.39 is 0 Å². The van der Waals surface area contributed by atoms with Gasteiger partial charge in [0.05, 0.1) is 12.2 Å². The smallest absolute Gasteiger partial charge is 0.0780 e. The van der Waals surface area contributed by atoms with Gasteiger partial charge in [0.25, 0.3) is 0 Å². The summed E-state index contributed by atoms with van der Waals surface area (Å²) in [7, 11) is 0. The van der Waals surface area contributed by atoms with Crippen LogP contribution < -0.4 is 0 Å². The van der Waals surface area contributed by atoms with Crippen molar-refractivity contribution in [1.29, 1.82) is 0 Å². The molecule has 118 valence electrons. The normalized spacial score (nSPS) is 10.5. The number of benzene rings is 2. The van der Waals surface area contributed by atoms with Crippen LogP contribution in [0.15, 0.2) is 81.4 Å². The number of allylic oxidation sites excluding steroid dienone is 1. The molecule has 0 unspecified atom stereocenters. The van der Waals surface area contributed by atoms with Gasteiger partial charge in [0, 0.05) is 17.4 Å². The molecule has 24 heavy (non-hydrogen) atoms. The van der Waals surface area contributed by atoms with Crippen LogP contribution >= 0.6 is 11.3 Å². The number of hydrogen-bond donors (Lipinski definition) is 0. The van der Waals surface area contributed by atoms with Crippen molar-refractivity contribution in [3.8, 4) is 0 Å². The van der Waals surface area contributed by atoms with Crippen LogP contribution in [-0.2, 0) is 6.54 Å². The van der Waals surface area contributed by atoms with Gasteiger partial charge in [0.1, 0.15) is 0 Å². The molecule has 0 bridgehead atoms. The molecule has 3 heteroatoms. The molecule has 3 rings (SSSR count). The largest absolute Gasteiger partial charge is 0.288 e. The molecule has 2 aromatic carbocycles. The number of para-hydroxylation sites is 1. The summed E-state index contributed by atoms with van der Waals surface area (Å²) in [5.41, 5.74) is 5.30. The minimum atomic E-state index is 0.613. The van der Waals surface area contributed by atoms with Gasteiger partial charge in [-0.25, -0.2) is 4.99 Å². The standard InChI is InChI=1S/C21H18N2S/c1-17(19-7-3-2-4-8-19)13-23-21-10-6-5-9-20(21)15-22-14-18-11-12-24-16-18/h2-12,14,16H,15H2,1H3. The van der Waals surface area contributed by atoms with E-state index in [9.17, 15) is 0 Å². The Morgan fingerprint density at radius 3 is 2.62 bits per heavy atom. The summed E-state index contributed by atoms with van der Waals surface area (Å²) in [6.07, 6.45) is 1.90. The minimum absolute atomic E-state index is 0.613. The maximum atomic E-state index is 4.54. The van der Waals surface area contributed by atoms with Crippen LogP contribution in [0.1, 0.15) is 23.6 Å². The van der Waals surface area contributed by atoms with Gasteiger partial charge in [-0.05, 0) is 46.8 Å². The summed E-state index contributed by atoms with van der Waals surface area (Å²) in [6, 6.07) is 20.3. The van der Waals surface area contributed by atoms with E-state index in [2.05, 4.69) is 50.9 Å². The van der Waals surface area contributed by atoms with Gasteiger partial charge in [-0.15, -0.1) is 0 Å². The lowest BCUT2D eigenvalue weighted by molar-refractivity contribution is 1.07. The van der Waals surface area contributed by atoms with E-state index in [0.29, 0.717) is 6.54 Å². The van der Waals surface area contributed by atoms with Gasteiger partial charge in [-0.2, -0.15) is 11.3 Å². The first-order chi connectivity index (χ1) is 11.8. The van der Waals surface area contributed by atoms with Crippen LogP contribution in [0.4, 0.5) is 5.69 Å². The number of hydrogen-bond acceptors (Lipinski definition) is 3. The Morgan fingerprint density at radius 2 is 1.83 bits per heavy atom. The lowest BCUT2D eigenvalue weighted by Gasteiger charge is -2.01. The number of nitrogens with zero attached hydrogens (tertiary/aromatic N) is 2. The molecule has 0 radical (unpaired) electrons. The summed E-state index contributed by atoms with van der Waals surface area (Å²) < 4.78 is 0. The summed E-state index contributed by atoms with van der Waals surface area (Å²) in [6.45, 7) is 2.64. The molecule has 0 aliphatic heterocycles. The van der Waals surface area contributed by atoms with Crippen LogP contribution in [-0.4, -0.2) is 12.1 Å². The van der Waals surface area contributed by atoms with Crippen LogP contribution in [0.2, 0.25) is 0 Å². The van der Waals surface area contributed by atoms with Crippen molar-refractivity contribution in [2.75, 3.05) is 0 Å². The second kappa shape index (κ2) is 8.21. The predicted molar refractivity (Wildman–Crippen MR) is 105 cm³/mol. The fourth-order valence-electron chi connectivity index (χ4n) is 2.25. The molecule has 0 fully saturated rings. The quantitative estimate of drug-likeness (QED) is 0.530. The molecule has 0 atom stereocenters. The Morgan fingerprint density at radius 1 is 1.04 bits per heavy atom. The maximum absolute atomic E-state index is 4.54. The lowest BCUT2D eigenvalue weighted by Crippen LogP contribution is -1.84. The second-order valence-corrected chi connectivity index (χ2v) is 6.15. The van der Waals surface area contributed by atoms with Crippen molar-refractivity contribution >= 4 is 34.7 Å². The molecule has 0 saturated carbocycles. The van der Waals surface area contributed by atoms with Gasteiger partial charge in [-0.3, -0.25) is 4.99 Å². The third-order valence-electron chi connectivity index (χ3n) is 3.59. The number of rotatable bonds is 5. The molecule has 0 spiro atoms. The van der Waals surface area contributed by atoms with E-state index in [4.69, 9.17) is 0 Å². The molecule has 0 amide bonds. The number of thiophene rings is 1. The lowest BCUT2D eigenvalue weighted by atomic mass is 10.1. The van der Waals surface area contributed by atoms with Crippen molar-refractivity contribution in [3.63, 3.8) is 0 Å².